The zero-order valence-electron chi connectivity index (χ0n) is 15.7. The van der Waals surface area contributed by atoms with Gasteiger partial charge in [-0.15, -0.1) is 10.2 Å². The molecule has 0 aliphatic heterocycles. The van der Waals surface area contributed by atoms with E-state index in [2.05, 4.69) is 20.6 Å². The third-order valence-corrected chi connectivity index (χ3v) is 4.74. The van der Waals surface area contributed by atoms with Gasteiger partial charge in [-0.1, -0.05) is 55.5 Å². The van der Waals surface area contributed by atoms with Crippen molar-refractivity contribution < 1.29 is 4.79 Å². The lowest BCUT2D eigenvalue weighted by Gasteiger charge is -2.24. The average molecular weight is 362 g/mol. The number of fused-ring (bicyclic) bond motifs is 2. The van der Waals surface area contributed by atoms with Gasteiger partial charge in [-0.3, -0.25) is 4.79 Å². The number of aromatic nitrogens is 6. The predicted octanol–water partition coefficient (Wildman–Crippen LogP) is 3.11. The smallest absolute Gasteiger partial charge is 0.144 e. The van der Waals surface area contributed by atoms with E-state index >= 15 is 0 Å². The first-order valence-corrected chi connectivity index (χ1v) is 9.04. The maximum atomic E-state index is 13.2. The standard InChI is InChI=1S/C20H22N6O/c1-20(2,3)19(27)14(12-25-17-10-6-4-8-15(17)21-23-25)13-26-18-11-7-5-9-16(18)22-24-26/h4-11,14H,12-13H2,1-3H3. The largest absolute Gasteiger partial charge is 0.299 e. The van der Waals surface area contributed by atoms with Crippen molar-refractivity contribution in [2.75, 3.05) is 0 Å². The van der Waals surface area contributed by atoms with Gasteiger partial charge in [0.2, 0.25) is 0 Å². The van der Waals surface area contributed by atoms with Gasteiger partial charge >= 0.3 is 0 Å². The Labute approximate surface area is 157 Å². The molecular formula is C20H22N6O. The minimum Gasteiger partial charge on any atom is -0.299 e. The van der Waals surface area contributed by atoms with Gasteiger partial charge in [-0.05, 0) is 24.3 Å². The van der Waals surface area contributed by atoms with Crippen LogP contribution in [0, 0.1) is 11.3 Å². The second-order valence-electron chi connectivity index (χ2n) is 7.83. The Hall–Kier alpha value is -3.09. The summed E-state index contributed by atoms with van der Waals surface area (Å²) in [6, 6.07) is 15.6. The van der Waals surface area contributed by atoms with Gasteiger partial charge in [0, 0.05) is 5.41 Å². The summed E-state index contributed by atoms with van der Waals surface area (Å²) in [5.74, 6) is -0.123. The summed E-state index contributed by atoms with van der Waals surface area (Å²) in [6.07, 6.45) is 0. The van der Waals surface area contributed by atoms with Crippen molar-refractivity contribution in [1.29, 1.82) is 0 Å². The molecular weight excluding hydrogens is 340 g/mol. The molecule has 0 fully saturated rings. The first-order valence-electron chi connectivity index (χ1n) is 9.04. The van der Waals surface area contributed by atoms with Gasteiger partial charge in [-0.25, -0.2) is 9.36 Å². The van der Waals surface area contributed by atoms with Crippen molar-refractivity contribution in [3.63, 3.8) is 0 Å². The maximum Gasteiger partial charge on any atom is 0.144 e. The molecule has 27 heavy (non-hydrogen) atoms. The molecule has 0 aliphatic carbocycles. The molecule has 0 aliphatic rings. The number of rotatable bonds is 5. The lowest BCUT2D eigenvalue weighted by atomic mass is 9.83. The Kier molecular flexibility index (Phi) is 4.22. The van der Waals surface area contributed by atoms with E-state index in [4.69, 9.17) is 0 Å². The number of ketones is 1. The van der Waals surface area contributed by atoms with Crippen molar-refractivity contribution in [3.8, 4) is 0 Å². The first-order chi connectivity index (χ1) is 12.9. The molecule has 2 aromatic carbocycles. The van der Waals surface area contributed by atoms with Crippen LogP contribution in [-0.2, 0) is 17.9 Å². The van der Waals surface area contributed by atoms with Crippen LogP contribution in [-0.4, -0.2) is 35.8 Å². The summed E-state index contributed by atoms with van der Waals surface area (Å²) in [5.41, 5.74) is 3.04. The van der Waals surface area contributed by atoms with Gasteiger partial charge < -0.3 is 0 Å². The minimum absolute atomic E-state index is 0.168. The van der Waals surface area contributed by atoms with E-state index in [1.807, 2.05) is 78.7 Å². The van der Waals surface area contributed by atoms with E-state index in [0.29, 0.717) is 13.1 Å². The number of carbonyl (C=O) groups is 1. The van der Waals surface area contributed by atoms with Crippen molar-refractivity contribution in [1.82, 2.24) is 30.0 Å². The van der Waals surface area contributed by atoms with Gasteiger partial charge in [0.1, 0.15) is 16.8 Å². The van der Waals surface area contributed by atoms with E-state index in [1.165, 1.54) is 0 Å². The van der Waals surface area contributed by atoms with Gasteiger partial charge in [-0.2, -0.15) is 0 Å². The number of hydrogen-bond donors (Lipinski definition) is 0. The van der Waals surface area contributed by atoms with Crippen LogP contribution in [0.5, 0.6) is 0 Å². The van der Waals surface area contributed by atoms with Crippen molar-refractivity contribution in [2.24, 2.45) is 11.3 Å². The van der Waals surface area contributed by atoms with Gasteiger partial charge in [0.15, 0.2) is 0 Å². The molecule has 0 atom stereocenters. The molecule has 7 heteroatoms. The fraction of sp³-hybridized carbons (Fsp3) is 0.350. The highest BCUT2D eigenvalue weighted by Crippen LogP contribution is 2.24. The molecule has 0 amide bonds. The number of Topliss-reactive ketones (excluding diaryl/α,β-unsaturated/α-hetero) is 1. The third-order valence-electron chi connectivity index (χ3n) is 4.74. The fourth-order valence-electron chi connectivity index (χ4n) is 3.36. The molecule has 0 radical (unpaired) electrons. The Morgan fingerprint density at radius 1 is 0.852 bits per heavy atom. The SMILES string of the molecule is CC(C)(C)C(=O)C(Cn1nnc2ccccc21)Cn1nnc2ccccc21. The number of nitrogens with zero attached hydrogens (tertiary/aromatic N) is 6. The summed E-state index contributed by atoms with van der Waals surface area (Å²) in [4.78, 5) is 13.2. The molecule has 4 rings (SSSR count). The fourth-order valence-corrected chi connectivity index (χ4v) is 3.36. The number of carbonyl (C=O) groups excluding carboxylic acids is 1. The Bertz CT molecular complexity index is 1030. The lowest BCUT2D eigenvalue weighted by Crippen LogP contribution is -2.34. The van der Waals surface area contributed by atoms with E-state index in [1.54, 1.807) is 0 Å². The van der Waals surface area contributed by atoms with Crippen LogP contribution in [0.25, 0.3) is 22.1 Å². The molecule has 0 N–H and O–H groups in total. The normalized spacial score (nSPS) is 12.3. The van der Waals surface area contributed by atoms with E-state index < -0.39 is 5.41 Å². The average Bonchev–Trinajstić information content (AvgIpc) is 3.25. The minimum atomic E-state index is -0.461. The molecule has 0 unspecified atom stereocenters. The molecule has 2 heterocycles. The predicted molar refractivity (Wildman–Crippen MR) is 103 cm³/mol. The van der Waals surface area contributed by atoms with Crippen molar-refractivity contribution in [3.05, 3.63) is 48.5 Å². The third kappa shape index (κ3) is 3.32. The van der Waals surface area contributed by atoms with Crippen LogP contribution < -0.4 is 0 Å². The topological polar surface area (TPSA) is 78.5 Å². The number of para-hydroxylation sites is 2. The Balaban J connectivity index is 1.70. The zero-order chi connectivity index (χ0) is 19.0. The quantitative estimate of drug-likeness (QED) is 0.545. The monoisotopic (exact) mass is 362 g/mol. The highest BCUT2D eigenvalue weighted by Gasteiger charge is 2.31. The molecule has 0 saturated heterocycles. The molecule has 0 saturated carbocycles. The van der Waals surface area contributed by atoms with Crippen LogP contribution >= 0.6 is 0 Å². The van der Waals surface area contributed by atoms with Crippen molar-refractivity contribution in [2.45, 2.75) is 33.9 Å². The van der Waals surface area contributed by atoms with Crippen LogP contribution in [0.2, 0.25) is 0 Å². The van der Waals surface area contributed by atoms with Crippen molar-refractivity contribution >= 4 is 27.9 Å². The molecule has 4 aromatic rings. The molecule has 138 valence electrons. The summed E-state index contributed by atoms with van der Waals surface area (Å²) in [7, 11) is 0. The van der Waals surface area contributed by atoms with Crippen LogP contribution in [0.15, 0.2) is 48.5 Å². The summed E-state index contributed by atoms with van der Waals surface area (Å²) >= 11 is 0. The van der Waals surface area contributed by atoms with E-state index in [9.17, 15) is 4.79 Å². The molecule has 0 bridgehead atoms. The van der Waals surface area contributed by atoms with E-state index in [-0.39, 0.29) is 11.7 Å². The highest BCUT2D eigenvalue weighted by molar-refractivity contribution is 5.86. The molecule has 7 nitrogen and oxygen atoms in total. The lowest BCUT2D eigenvalue weighted by molar-refractivity contribution is -0.131. The molecule has 2 aromatic heterocycles. The van der Waals surface area contributed by atoms with Crippen LogP contribution in [0.3, 0.4) is 0 Å². The summed E-state index contributed by atoms with van der Waals surface area (Å²) in [5, 5.41) is 16.9. The summed E-state index contributed by atoms with van der Waals surface area (Å²) < 4.78 is 3.62. The van der Waals surface area contributed by atoms with E-state index in [0.717, 1.165) is 22.1 Å². The molecule has 0 spiro atoms. The van der Waals surface area contributed by atoms with Gasteiger partial charge in [0.25, 0.3) is 0 Å². The number of hydrogen-bond acceptors (Lipinski definition) is 5. The van der Waals surface area contributed by atoms with Crippen LogP contribution in [0.1, 0.15) is 20.8 Å². The number of benzene rings is 2. The second-order valence-corrected chi connectivity index (χ2v) is 7.83. The maximum absolute atomic E-state index is 13.2. The highest BCUT2D eigenvalue weighted by atomic mass is 16.1. The Morgan fingerprint density at radius 3 is 1.74 bits per heavy atom. The first kappa shape index (κ1) is 17.3. The van der Waals surface area contributed by atoms with Gasteiger partial charge in [0.05, 0.1) is 30.0 Å². The van der Waals surface area contributed by atoms with Crippen LogP contribution in [0.4, 0.5) is 0 Å². The zero-order valence-corrected chi connectivity index (χ0v) is 15.7. The second kappa shape index (κ2) is 6.57. The summed E-state index contributed by atoms with van der Waals surface area (Å²) in [6.45, 7) is 6.74. The Morgan fingerprint density at radius 2 is 1.30 bits per heavy atom.